The highest BCUT2D eigenvalue weighted by Crippen LogP contribution is 2.57. The first kappa shape index (κ1) is 20.8. The van der Waals surface area contributed by atoms with Crippen LogP contribution in [0.25, 0.3) is 10.9 Å². The molecular weight excluding hydrogens is 431 g/mol. The Bertz CT molecular complexity index is 1080. The molecule has 0 bridgehead atoms. The van der Waals surface area contributed by atoms with E-state index in [1.807, 2.05) is 29.3 Å². The minimum Gasteiger partial charge on any atom is -0.405 e. The summed E-state index contributed by atoms with van der Waals surface area (Å²) < 4.78 is 26.3. The monoisotopic (exact) mass is 451 g/mol. The molecule has 5 rings (SSSR count). The molecule has 5 nitrogen and oxygen atoms in total. The van der Waals surface area contributed by atoms with Gasteiger partial charge in [0.25, 0.3) is 0 Å². The smallest absolute Gasteiger partial charge is 0.249 e. The van der Waals surface area contributed by atoms with Crippen LogP contribution >= 0.6 is 23.2 Å². The number of rotatable bonds is 3. The summed E-state index contributed by atoms with van der Waals surface area (Å²) >= 11 is 12.5. The van der Waals surface area contributed by atoms with Crippen molar-refractivity contribution in [2.24, 2.45) is 11.1 Å². The molecule has 4 N–H and O–H groups in total. The topological polar surface area (TPSA) is 70.0 Å². The molecule has 0 unspecified atom stereocenters. The highest BCUT2D eigenvalue weighted by Gasteiger charge is 2.62. The van der Waals surface area contributed by atoms with Crippen molar-refractivity contribution in [1.29, 1.82) is 0 Å². The zero-order chi connectivity index (χ0) is 21.5. The van der Waals surface area contributed by atoms with Gasteiger partial charge in [0.1, 0.15) is 5.82 Å². The quantitative estimate of drug-likeness (QED) is 0.460. The molecule has 3 aromatic rings. The Morgan fingerprint density at radius 3 is 2.57 bits per heavy atom. The van der Waals surface area contributed by atoms with E-state index in [9.17, 15) is 8.78 Å². The summed E-state index contributed by atoms with van der Waals surface area (Å²) in [6.07, 6.45) is 4.75. The molecule has 1 spiro atoms. The Kier molecular flexibility index (Phi) is 5.28. The Labute approximate surface area is 182 Å². The van der Waals surface area contributed by atoms with E-state index in [0.717, 1.165) is 22.3 Å². The summed E-state index contributed by atoms with van der Waals surface area (Å²) in [5.74, 6) is -1.86. The second kappa shape index (κ2) is 7.63. The fourth-order valence-corrected chi connectivity index (χ4v) is 4.72. The SMILES string of the molecule is C=CN.FC1(F)CC2(CN(c3ncc(Nc4c[nH]c5ccc(Cl)cc45)cc3Cl)C2)C1. The Balaban J connectivity index is 0.000000687. The second-order valence-electron chi connectivity index (χ2n) is 7.85. The molecule has 3 heterocycles. The van der Waals surface area contributed by atoms with E-state index in [1.54, 1.807) is 12.3 Å². The number of fused-ring (bicyclic) bond motifs is 1. The van der Waals surface area contributed by atoms with Crippen LogP contribution in [0, 0.1) is 5.41 Å². The molecule has 0 radical (unpaired) electrons. The minimum atomic E-state index is -2.50. The lowest BCUT2D eigenvalue weighted by molar-refractivity contribution is -0.170. The van der Waals surface area contributed by atoms with Crippen molar-refractivity contribution in [3.63, 3.8) is 0 Å². The maximum absolute atomic E-state index is 13.2. The molecular formula is C21H21Cl2F2N5. The molecule has 1 aliphatic carbocycles. The fraction of sp³-hybridized carbons (Fsp3) is 0.286. The van der Waals surface area contributed by atoms with E-state index in [2.05, 4.69) is 27.6 Å². The van der Waals surface area contributed by atoms with Gasteiger partial charge in [-0.3, -0.25) is 0 Å². The fourth-order valence-electron chi connectivity index (χ4n) is 4.27. The van der Waals surface area contributed by atoms with Crippen LogP contribution in [0.3, 0.4) is 0 Å². The van der Waals surface area contributed by atoms with Gasteiger partial charge in [0.2, 0.25) is 5.92 Å². The number of alkyl halides is 2. The standard InChI is InChI=1S/C19H16Cl2F2N4.C2H5N/c20-11-1-2-15-13(3-11)16(6-24-15)26-12-4-14(21)17(25-5-12)27-9-18(10-27)7-19(22,23)8-18;1-2-3/h1-6,24,26H,7-10H2;2H,1,3H2. The number of nitrogens with one attached hydrogen (secondary N) is 2. The lowest BCUT2D eigenvalue weighted by Crippen LogP contribution is -2.66. The third-order valence-electron chi connectivity index (χ3n) is 5.36. The predicted molar refractivity (Wildman–Crippen MR) is 119 cm³/mol. The van der Waals surface area contributed by atoms with Gasteiger partial charge in [-0.05, 0) is 30.5 Å². The van der Waals surface area contributed by atoms with Gasteiger partial charge in [0, 0.05) is 53.5 Å². The Hall–Kier alpha value is -2.51. The van der Waals surface area contributed by atoms with Gasteiger partial charge in [-0.1, -0.05) is 29.8 Å². The molecule has 1 saturated carbocycles. The third kappa shape index (κ3) is 3.91. The van der Waals surface area contributed by atoms with Gasteiger partial charge < -0.3 is 20.9 Å². The van der Waals surface area contributed by atoms with E-state index in [1.165, 1.54) is 6.20 Å². The van der Waals surface area contributed by atoms with Gasteiger partial charge >= 0.3 is 0 Å². The number of aromatic amines is 1. The molecule has 1 aromatic carbocycles. The van der Waals surface area contributed by atoms with Crippen molar-refractivity contribution in [1.82, 2.24) is 9.97 Å². The number of H-pyrrole nitrogens is 1. The number of aromatic nitrogens is 2. The van der Waals surface area contributed by atoms with Crippen LogP contribution in [0.2, 0.25) is 10.0 Å². The van der Waals surface area contributed by atoms with Crippen LogP contribution in [0.1, 0.15) is 12.8 Å². The first-order valence-corrected chi connectivity index (χ1v) is 10.1. The van der Waals surface area contributed by atoms with Gasteiger partial charge in [-0.15, -0.1) is 0 Å². The van der Waals surface area contributed by atoms with Crippen LogP contribution < -0.4 is 16.0 Å². The number of pyridine rings is 1. The Morgan fingerprint density at radius 1 is 1.23 bits per heavy atom. The number of nitrogens with two attached hydrogens (primary N) is 1. The molecule has 158 valence electrons. The minimum absolute atomic E-state index is 0.0309. The van der Waals surface area contributed by atoms with Crippen LogP contribution in [0.4, 0.5) is 26.0 Å². The normalized spacial score (nSPS) is 18.2. The summed E-state index contributed by atoms with van der Waals surface area (Å²) in [6, 6.07) is 7.43. The van der Waals surface area contributed by atoms with Crippen LogP contribution in [-0.4, -0.2) is 29.0 Å². The van der Waals surface area contributed by atoms with Crippen molar-refractivity contribution in [3.8, 4) is 0 Å². The maximum atomic E-state index is 13.2. The number of hydrogen-bond donors (Lipinski definition) is 3. The Morgan fingerprint density at radius 2 is 1.93 bits per heavy atom. The highest BCUT2D eigenvalue weighted by molar-refractivity contribution is 6.33. The number of nitrogens with zero attached hydrogens (tertiary/aromatic N) is 2. The molecule has 9 heteroatoms. The molecule has 1 aliphatic heterocycles. The highest BCUT2D eigenvalue weighted by atomic mass is 35.5. The predicted octanol–water partition coefficient (Wildman–Crippen LogP) is 5.94. The average molecular weight is 452 g/mol. The van der Waals surface area contributed by atoms with Crippen molar-refractivity contribution in [3.05, 3.63) is 59.5 Å². The van der Waals surface area contributed by atoms with E-state index in [0.29, 0.717) is 29.0 Å². The molecule has 0 atom stereocenters. The van der Waals surface area contributed by atoms with E-state index in [-0.39, 0.29) is 18.3 Å². The van der Waals surface area contributed by atoms with Gasteiger partial charge in [0.05, 0.1) is 22.6 Å². The maximum Gasteiger partial charge on any atom is 0.249 e. The summed E-state index contributed by atoms with van der Waals surface area (Å²) in [5.41, 5.74) is 6.95. The van der Waals surface area contributed by atoms with Crippen molar-refractivity contribution < 1.29 is 8.78 Å². The first-order valence-electron chi connectivity index (χ1n) is 9.39. The molecule has 1 saturated heterocycles. The van der Waals surface area contributed by atoms with Gasteiger partial charge in [0.15, 0.2) is 0 Å². The van der Waals surface area contributed by atoms with E-state index >= 15 is 0 Å². The summed E-state index contributed by atoms with van der Waals surface area (Å²) in [4.78, 5) is 9.59. The number of anilines is 3. The zero-order valence-corrected chi connectivity index (χ0v) is 17.6. The molecule has 2 aliphatic rings. The summed E-state index contributed by atoms with van der Waals surface area (Å²) in [5, 5.41) is 5.42. The van der Waals surface area contributed by atoms with Gasteiger partial charge in [-0.25, -0.2) is 13.8 Å². The van der Waals surface area contributed by atoms with Crippen molar-refractivity contribution in [2.45, 2.75) is 18.8 Å². The molecule has 0 amide bonds. The number of benzene rings is 1. The van der Waals surface area contributed by atoms with Crippen molar-refractivity contribution in [2.75, 3.05) is 23.3 Å². The van der Waals surface area contributed by atoms with E-state index in [4.69, 9.17) is 23.2 Å². The second-order valence-corrected chi connectivity index (χ2v) is 8.69. The summed E-state index contributed by atoms with van der Waals surface area (Å²) in [7, 11) is 0. The number of hydrogen-bond acceptors (Lipinski definition) is 4. The number of halogens is 4. The van der Waals surface area contributed by atoms with Crippen LogP contribution in [0.5, 0.6) is 0 Å². The average Bonchev–Trinajstić information content (AvgIpc) is 3.01. The van der Waals surface area contributed by atoms with Crippen LogP contribution in [0.15, 0.2) is 49.4 Å². The van der Waals surface area contributed by atoms with Crippen LogP contribution in [-0.2, 0) is 0 Å². The zero-order valence-electron chi connectivity index (χ0n) is 16.1. The molecule has 2 fully saturated rings. The molecule has 30 heavy (non-hydrogen) atoms. The largest absolute Gasteiger partial charge is 0.405 e. The third-order valence-corrected chi connectivity index (χ3v) is 5.88. The lowest BCUT2D eigenvalue weighted by Gasteiger charge is -2.59. The first-order chi connectivity index (χ1) is 14.2. The summed E-state index contributed by atoms with van der Waals surface area (Å²) in [6.45, 7) is 4.31. The molecule has 2 aromatic heterocycles. The lowest BCUT2D eigenvalue weighted by atomic mass is 9.61. The van der Waals surface area contributed by atoms with Crippen molar-refractivity contribution >= 4 is 51.3 Å². The van der Waals surface area contributed by atoms with Gasteiger partial charge in [-0.2, -0.15) is 0 Å². The van der Waals surface area contributed by atoms with E-state index < -0.39 is 5.92 Å².